The van der Waals surface area contributed by atoms with Gasteiger partial charge in [-0.05, 0) is 12.6 Å². The Hall–Kier alpha value is -1.41. The molecule has 0 saturated carbocycles. The summed E-state index contributed by atoms with van der Waals surface area (Å²) in [5, 5.41) is 2.98. The minimum atomic E-state index is -4.16. The molecule has 1 heterocycles. The molecule has 114 valence electrons. The minimum Gasteiger partial charge on any atom is -0.383 e. The highest BCUT2D eigenvalue weighted by molar-refractivity contribution is 5.40. The summed E-state index contributed by atoms with van der Waals surface area (Å²) in [4.78, 5) is 3.88. The maximum Gasteiger partial charge on any atom is 0.330 e. The predicted molar refractivity (Wildman–Crippen MR) is 66.8 cm³/mol. The van der Waals surface area contributed by atoms with E-state index in [4.69, 9.17) is 10.5 Å². The predicted octanol–water partition coefficient (Wildman–Crippen LogP) is 2.23. The van der Waals surface area contributed by atoms with Gasteiger partial charge in [-0.25, -0.2) is 13.8 Å². The van der Waals surface area contributed by atoms with E-state index >= 15 is 0 Å². The first-order valence-corrected chi connectivity index (χ1v) is 6.06. The van der Waals surface area contributed by atoms with Crippen molar-refractivity contribution < 1.29 is 22.3 Å². The number of anilines is 1. The lowest BCUT2D eigenvalue weighted by molar-refractivity contribution is -0.167. The molecular formula is C12H17F4N3O. The molecular weight excluding hydrogens is 278 g/mol. The van der Waals surface area contributed by atoms with Crippen LogP contribution in [0, 0.1) is 0 Å². The fourth-order valence-corrected chi connectivity index (χ4v) is 1.61. The summed E-state index contributed by atoms with van der Waals surface area (Å²) in [7, 11) is 0. The minimum absolute atomic E-state index is 0.202. The van der Waals surface area contributed by atoms with Crippen LogP contribution in [0.2, 0.25) is 0 Å². The van der Waals surface area contributed by atoms with Crippen molar-refractivity contribution in [1.29, 1.82) is 0 Å². The van der Waals surface area contributed by atoms with Crippen LogP contribution >= 0.6 is 0 Å². The van der Waals surface area contributed by atoms with Crippen LogP contribution in [0.15, 0.2) is 18.3 Å². The molecule has 0 bridgehead atoms. The van der Waals surface area contributed by atoms with E-state index in [1.165, 1.54) is 6.20 Å². The van der Waals surface area contributed by atoms with Gasteiger partial charge in [-0.15, -0.1) is 0 Å². The second-order valence-electron chi connectivity index (χ2n) is 4.16. The van der Waals surface area contributed by atoms with Gasteiger partial charge in [-0.1, -0.05) is 13.0 Å². The van der Waals surface area contributed by atoms with Crippen molar-refractivity contribution in [3.8, 4) is 0 Å². The number of pyridine rings is 1. The number of nitrogens with two attached hydrogens (primary N) is 1. The first-order valence-electron chi connectivity index (χ1n) is 6.06. The summed E-state index contributed by atoms with van der Waals surface area (Å²) in [6, 6.07) is 2.83. The Labute approximate surface area is 114 Å². The molecule has 0 fully saturated rings. The maximum absolute atomic E-state index is 12.7. The first-order chi connectivity index (χ1) is 9.38. The van der Waals surface area contributed by atoms with Crippen LogP contribution < -0.4 is 11.1 Å². The van der Waals surface area contributed by atoms with E-state index in [1.807, 2.05) is 6.92 Å². The summed E-state index contributed by atoms with van der Waals surface area (Å²) < 4.78 is 54.2. The average Bonchev–Trinajstić information content (AvgIpc) is 2.38. The van der Waals surface area contributed by atoms with Crippen LogP contribution in [0.1, 0.15) is 18.5 Å². The van der Waals surface area contributed by atoms with Crippen molar-refractivity contribution in [2.24, 2.45) is 0 Å². The third-order valence-electron chi connectivity index (χ3n) is 2.60. The second-order valence-corrected chi connectivity index (χ2v) is 4.16. The van der Waals surface area contributed by atoms with Crippen molar-refractivity contribution in [3.63, 3.8) is 0 Å². The molecule has 1 rings (SSSR count). The molecule has 0 aliphatic heterocycles. The topological polar surface area (TPSA) is 60.2 Å². The van der Waals surface area contributed by atoms with Gasteiger partial charge in [0.1, 0.15) is 12.4 Å². The fourth-order valence-electron chi connectivity index (χ4n) is 1.61. The molecule has 0 aliphatic carbocycles. The van der Waals surface area contributed by atoms with E-state index in [-0.39, 0.29) is 12.4 Å². The molecule has 1 aromatic heterocycles. The summed E-state index contributed by atoms with van der Waals surface area (Å²) in [6.45, 7) is 0.805. The van der Waals surface area contributed by atoms with Crippen LogP contribution in [-0.4, -0.2) is 37.1 Å². The lowest BCUT2D eigenvalue weighted by atomic mass is 10.1. The van der Waals surface area contributed by atoms with Crippen LogP contribution in [-0.2, 0) is 4.74 Å². The second kappa shape index (κ2) is 7.39. The number of nitrogens with zero attached hydrogens (tertiary/aromatic N) is 1. The number of nitrogens with one attached hydrogen (secondary N) is 1. The summed E-state index contributed by atoms with van der Waals surface area (Å²) in [5.74, 6) is -3.92. The molecule has 0 aromatic carbocycles. The normalized spacial score (nSPS) is 13.7. The van der Waals surface area contributed by atoms with Gasteiger partial charge < -0.3 is 15.8 Å². The van der Waals surface area contributed by atoms with E-state index in [9.17, 15) is 17.6 Å². The van der Waals surface area contributed by atoms with Crippen molar-refractivity contribution in [2.45, 2.75) is 25.3 Å². The first kappa shape index (κ1) is 16.6. The number of ether oxygens (including phenoxy) is 1. The average molecular weight is 295 g/mol. The highest BCUT2D eigenvalue weighted by atomic mass is 19.3. The molecule has 0 amide bonds. The van der Waals surface area contributed by atoms with Gasteiger partial charge in [0.05, 0.1) is 12.6 Å². The molecule has 1 aromatic rings. The third-order valence-corrected chi connectivity index (χ3v) is 2.60. The number of hydrogen-bond donors (Lipinski definition) is 2. The Morgan fingerprint density at radius 2 is 2.15 bits per heavy atom. The molecule has 1 unspecified atom stereocenters. The zero-order chi connectivity index (χ0) is 15.2. The SMILES string of the molecule is CCNC(COCC(F)(F)C(F)F)c1cccnc1N. The van der Waals surface area contributed by atoms with Gasteiger partial charge in [-0.2, -0.15) is 8.78 Å². The molecule has 0 spiro atoms. The van der Waals surface area contributed by atoms with Crippen molar-refractivity contribution in [2.75, 3.05) is 25.5 Å². The van der Waals surface area contributed by atoms with Gasteiger partial charge in [0, 0.05) is 11.8 Å². The molecule has 4 nitrogen and oxygen atoms in total. The molecule has 1 atom stereocenters. The number of hydrogen-bond acceptors (Lipinski definition) is 4. The fraction of sp³-hybridized carbons (Fsp3) is 0.583. The lowest BCUT2D eigenvalue weighted by Gasteiger charge is -2.21. The van der Waals surface area contributed by atoms with Crippen LogP contribution in [0.3, 0.4) is 0 Å². The summed E-state index contributed by atoms with van der Waals surface area (Å²) in [6.07, 6.45) is -2.25. The molecule has 8 heteroatoms. The van der Waals surface area contributed by atoms with Gasteiger partial charge in [-0.3, -0.25) is 0 Å². The standard InChI is InChI=1S/C12H17F4N3O/c1-2-18-9(8-4-3-5-19-10(8)17)6-20-7-12(15,16)11(13)14/h3-5,9,11,18H,2,6-7H2,1H3,(H2,17,19). The third kappa shape index (κ3) is 4.61. The van der Waals surface area contributed by atoms with Gasteiger partial charge in [0.15, 0.2) is 0 Å². The van der Waals surface area contributed by atoms with Crippen LogP contribution in [0.5, 0.6) is 0 Å². The smallest absolute Gasteiger partial charge is 0.330 e. The largest absolute Gasteiger partial charge is 0.383 e. The molecule has 3 N–H and O–H groups in total. The number of halogens is 4. The number of aromatic nitrogens is 1. The lowest BCUT2D eigenvalue weighted by Crippen LogP contribution is -2.34. The summed E-state index contributed by atoms with van der Waals surface area (Å²) in [5.41, 5.74) is 6.26. The highest BCUT2D eigenvalue weighted by Gasteiger charge is 2.41. The van der Waals surface area contributed by atoms with Gasteiger partial charge in [0.25, 0.3) is 0 Å². The van der Waals surface area contributed by atoms with Gasteiger partial charge in [0.2, 0.25) is 0 Å². The van der Waals surface area contributed by atoms with E-state index in [1.54, 1.807) is 12.1 Å². The van der Waals surface area contributed by atoms with E-state index in [0.29, 0.717) is 12.1 Å². The van der Waals surface area contributed by atoms with Crippen molar-refractivity contribution in [3.05, 3.63) is 23.9 Å². The molecule has 20 heavy (non-hydrogen) atoms. The zero-order valence-corrected chi connectivity index (χ0v) is 11.0. The van der Waals surface area contributed by atoms with E-state index in [0.717, 1.165) is 0 Å². The Kier molecular flexibility index (Phi) is 6.15. The quantitative estimate of drug-likeness (QED) is 0.722. The zero-order valence-electron chi connectivity index (χ0n) is 11.0. The Morgan fingerprint density at radius 3 is 2.70 bits per heavy atom. The maximum atomic E-state index is 12.7. The number of alkyl halides is 4. The monoisotopic (exact) mass is 295 g/mol. The number of likely N-dealkylation sites (N-methyl/N-ethyl adjacent to an activating group) is 1. The highest BCUT2D eigenvalue weighted by Crippen LogP contribution is 2.24. The number of rotatable bonds is 8. The van der Waals surface area contributed by atoms with Gasteiger partial charge >= 0.3 is 12.3 Å². The van der Waals surface area contributed by atoms with E-state index in [2.05, 4.69) is 10.3 Å². The molecule has 0 aliphatic rings. The molecule has 0 radical (unpaired) electrons. The van der Waals surface area contributed by atoms with Crippen LogP contribution in [0.4, 0.5) is 23.4 Å². The Bertz CT molecular complexity index is 417. The molecule has 0 saturated heterocycles. The Balaban J connectivity index is 2.63. The van der Waals surface area contributed by atoms with E-state index < -0.39 is 25.0 Å². The van der Waals surface area contributed by atoms with Crippen molar-refractivity contribution in [1.82, 2.24) is 10.3 Å². The summed E-state index contributed by atoms with van der Waals surface area (Å²) >= 11 is 0. The van der Waals surface area contributed by atoms with Crippen molar-refractivity contribution >= 4 is 5.82 Å². The Morgan fingerprint density at radius 1 is 1.45 bits per heavy atom. The van der Waals surface area contributed by atoms with Crippen LogP contribution in [0.25, 0.3) is 0 Å². The number of nitrogen functional groups attached to an aromatic ring is 1.